The Labute approximate surface area is 107 Å². The number of para-hydroxylation sites is 1. The molecule has 0 heterocycles. The first kappa shape index (κ1) is 14.9. The molecule has 102 valence electrons. The first-order chi connectivity index (χ1) is 8.44. The van der Waals surface area contributed by atoms with E-state index in [0.717, 1.165) is 0 Å². The van der Waals surface area contributed by atoms with E-state index in [2.05, 4.69) is 4.72 Å². The topological polar surface area (TPSA) is 55.4 Å². The maximum atomic E-state index is 13.3. The summed E-state index contributed by atoms with van der Waals surface area (Å²) in [4.78, 5) is 0. The lowest BCUT2D eigenvalue weighted by molar-refractivity contribution is 0.215. The first-order valence-electron chi connectivity index (χ1n) is 5.83. The zero-order valence-corrected chi connectivity index (χ0v) is 11.3. The van der Waals surface area contributed by atoms with Crippen molar-refractivity contribution in [2.24, 2.45) is 0 Å². The van der Waals surface area contributed by atoms with Crippen molar-refractivity contribution in [3.05, 3.63) is 30.1 Å². The van der Waals surface area contributed by atoms with Crippen LogP contribution in [0.5, 0.6) is 5.75 Å². The van der Waals surface area contributed by atoms with Crippen LogP contribution >= 0.6 is 0 Å². The molecule has 1 aromatic rings. The smallest absolute Gasteiger partial charge is 0.211 e. The summed E-state index contributed by atoms with van der Waals surface area (Å²) in [6.07, 6.45) is 0.117. The number of halogens is 1. The lowest BCUT2D eigenvalue weighted by Gasteiger charge is -2.15. The molecule has 0 saturated heterocycles. The van der Waals surface area contributed by atoms with Gasteiger partial charge in [0.25, 0.3) is 0 Å². The second-order valence-corrected chi connectivity index (χ2v) is 5.95. The fraction of sp³-hybridized carbons (Fsp3) is 0.500. The van der Waals surface area contributed by atoms with E-state index in [1.165, 1.54) is 12.1 Å². The molecule has 1 unspecified atom stereocenters. The maximum Gasteiger partial charge on any atom is 0.211 e. The van der Waals surface area contributed by atoms with Gasteiger partial charge in [-0.15, -0.1) is 0 Å². The van der Waals surface area contributed by atoms with Crippen LogP contribution in [0.3, 0.4) is 0 Å². The molecular weight excluding hydrogens is 257 g/mol. The average molecular weight is 275 g/mol. The van der Waals surface area contributed by atoms with E-state index in [1.807, 2.05) is 0 Å². The third-order valence-corrected chi connectivity index (χ3v) is 3.78. The average Bonchev–Trinajstić information content (AvgIpc) is 2.30. The fourth-order valence-electron chi connectivity index (χ4n) is 1.38. The van der Waals surface area contributed by atoms with Crippen molar-refractivity contribution < 1.29 is 17.5 Å². The van der Waals surface area contributed by atoms with Gasteiger partial charge in [-0.05, 0) is 25.5 Å². The van der Waals surface area contributed by atoms with Crippen molar-refractivity contribution >= 4 is 10.0 Å². The van der Waals surface area contributed by atoms with Crippen LogP contribution in [-0.4, -0.2) is 26.8 Å². The zero-order valence-electron chi connectivity index (χ0n) is 10.5. The summed E-state index contributed by atoms with van der Waals surface area (Å²) in [6.45, 7) is 3.59. The molecule has 0 aliphatic rings. The Hall–Kier alpha value is -1.14. The van der Waals surface area contributed by atoms with Crippen LogP contribution in [0.25, 0.3) is 0 Å². The third kappa shape index (κ3) is 5.01. The largest absolute Gasteiger partial charge is 0.486 e. The highest BCUT2D eigenvalue weighted by Crippen LogP contribution is 2.16. The summed E-state index contributed by atoms with van der Waals surface area (Å²) in [5.74, 6) is -0.250. The maximum absolute atomic E-state index is 13.3. The number of ether oxygens (including phenoxy) is 1. The minimum absolute atomic E-state index is 0.0828. The zero-order chi connectivity index (χ0) is 13.6. The molecular formula is C12H18FNO3S. The second-order valence-electron chi connectivity index (χ2n) is 4.03. The normalized spacial score (nSPS) is 13.3. The van der Waals surface area contributed by atoms with Gasteiger partial charge in [0.15, 0.2) is 11.6 Å². The standard InChI is InChI=1S/C12H18FNO3S/c1-3-8-18(15,16)14-9-10(2)17-12-7-5-4-6-11(12)13/h4-7,10,14H,3,8-9H2,1-2H3. The van der Waals surface area contributed by atoms with Crippen LogP contribution < -0.4 is 9.46 Å². The van der Waals surface area contributed by atoms with Crippen LogP contribution in [0.1, 0.15) is 20.3 Å². The Balaban J connectivity index is 2.48. The van der Waals surface area contributed by atoms with Gasteiger partial charge < -0.3 is 4.74 Å². The molecule has 0 aliphatic carbocycles. The van der Waals surface area contributed by atoms with Gasteiger partial charge in [0.05, 0.1) is 5.75 Å². The quantitative estimate of drug-likeness (QED) is 0.827. The minimum atomic E-state index is -3.25. The predicted octanol–water partition coefficient (Wildman–Crippen LogP) is 1.92. The number of sulfonamides is 1. The van der Waals surface area contributed by atoms with Crippen molar-refractivity contribution in [1.82, 2.24) is 4.72 Å². The molecule has 0 spiro atoms. The van der Waals surface area contributed by atoms with E-state index in [4.69, 9.17) is 4.74 Å². The Morgan fingerprint density at radius 1 is 1.39 bits per heavy atom. The molecule has 0 aliphatic heterocycles. The minimum Gasteiger partial charge on any atom is -0.486 e. The molecule has 1 atom stereocenters. The second kappa shape index (κ2) is 6.70. The number of benzene rings is 1. The monoisotopic (exact) mass is 275 g/mol. The van der Waals surface area contributed by atoms with E-state index >= 15 is 0 Å². The lowest BCUT2D eigenvalue weighted by Crippen LogP contribution is -2.35. The van der Waals surface area contributed by atoms with Crippen LogP contribution in [0, 0.1) is 5.82 Å². The lowest BCUT2D eigenvalue weighted by atomic mass is 10.3. The van der Waals surface area contributed by atoms with Gasteiger partial charge in [-0.1, -0.05) is 19.1 Å². The summed E-state index contributed by atoms with van der Waals surface area (Å²) in [6, 6.07) is 6.03. The Bertz CT molecular complexity index is 476. The van der Waals surface area contributed by atoms with Gasteiger partial charge in [0.2, 0.25) is 10.0 Å². The summed E-state index contributed by atoms with van der Waals surface area (Å²) in [5.41, 5.74) is 0. The number of rotatable bonds is 7. The van der Waals surface area contributed by atoms with E-state index in [9.17, 15) is 12.8 Å². The highest BCUT2D eigenvalue weighted by Gasteiger charge is 2.12. The van der Waals surface area contributed by atoms with Crippen molar-refractivity contribution in [1.29, 1.82) is 0 Å². The summed E-state index contributed by atoms with van der Waals surface area (Å²) in [7, 11) is -3.25. The van der Waals surface area contributed by atoms with Crippen molar-refractivity contribution in [3.63, 3.8) is 0 Å². The molecule has 1 N–H and O–H groups in total. The van der Waals surface area contributed by atoms with Crippen molar-refractivity contribution in [3.8, 4) is 5.75 Å². The van der Waals surface area contributed by atoms with E-state index < -0.39 is 21.9 Å². The first-order valence-corrected chi connectivity index (χ1v) is 7.48. The van der Waals surface area contributed by atoms with E-state index in [0.29, 0.717) is 6.42 Å². The molecule has 0 radical (unpaired) electrons. The molecule has 1 aromatic carbocycles. The highest BCUT2D eigenvalue weighted by atomic mass is 32.2. The molecule has 0 saturated carbocycles. The summed E-state index contributed by atoms with van der Waals surface area (Å²) >= 11 is 0. The van der Waals surface area contributed by atoms with Crippen LogP contribution in [0.15, 0.2) is 24.3 Å². The Morgan fingerprint density at radius 2 is 2.06 bits per heavy atom. The molecule has 6 heteroatoms. The molecule has 0 bridgehead atoms. The van der Waals surface area contributed by atoms with Crippen LogP contribution in [0.4, 0.5) is 4.39 Å². The SMILES string of the molecule is CCCS(=O)(=O)NCC(C)Oc1ccccc1F. The fourth-order valence-corrected chi connectivity index (χ4v) is 2.55. The highest BCUT2D eigenvalue weighted by molar-refractivity contribution is 7.89. The molecule has 18 heavy (non-hydrogen) atoms. The molecule has 4 nitrogen and oxygen atoms in total. The van der Waals surface area contributed by atoms with Crippen molar-refractivity contribution in [2.75, 3.05) is 12.3 Å². The van der Waals surface area contributed by atoms with E-state index in [-0.39, 0.29) is 18.0 Å². The third-order valence-electron chi connectivity index (χ3n) is 2.23. The van der Waals surface area contributed by atoms with Gasteiger partial charge in [-0.3, -0.25) is 0 Å². The predicted molar refractivity (Wildman–Crippen MR) is 68.6 cm³/mol. The number of hydrogen-bond donors (Lipinski definition) is 1. The Kier molecular flexibility index (Phi) is 5.55. The van der Waals surface area contributed by atoms with Crippen molar-refractivity contribution in [2.45, 2.75) is 26.4 Å². The number of nitrogens with one attached hydrogen (secondary N) is 1. The van der Waals surface area contributed by atoms with Gasteiger partial charge in [0, 0.05) is 6.54 Å². The van der Waals surface area contributed by atoms with Gasteiger partial charge in [-0.2, -0.15) is 0 Å². The van der Waals surface area contributed by atoms with Gasteiger partial charge >= 0.3 is 0 Å². The number of hydrogen-bond acceptors (Lipinski definition) is 3. The Morgan fingerprint density at radius 3 is 2.67 bits per heavy atom. The van der Waals surface area contributed by atoms with E-state index in [1.54, 1.807) is 26.0 Å². The molecule has 0 amide bonds. The molecule has 1 rings (SSSR count). The molecule has 0 fully saturated rings. The van der Waals surface area contributed by atoms with Gasteiger partial charge in [-0.25, -0.2) is 17.5 Å². The molecule has 0 aromatic heterocycles. The van der Waals surface area contributed by atoms with Crippen LogP contribution in [-0.2, 0) is 10.0 Å². The summed E-state index contributed by atoms with van der Waals surface area (Å²) < 4.78 is 43.8. The van der Waals surface area contributed by atoms with Crippen LogP contribution in [0.2, 0.25) is 0 Å². The summed E-state index contributed by atoms with van der Waals surface area (Å²) in [5, 5.41) is 0. The van der Waals surface area contributed by atoms with Gasteiger partial charge in [0.1, 0.15) is 6.10 Å².